The molecule has 4 amide bonds. The van der Waals surface area contributed by atoms with Crippen LogP contribution in [-0.2, 0) is 35.2 Å². The van der Waals surface area contributed by atoms with Gasteiger partial charge in [-0.3, -0.25) is 24.0 Å². The van der Waals surface area contributed by atoms with Gasteiger partial charge in [0, 0.05) is 29.3 Å². The third kappa shape index (κ3) is 8.50. The molecule has 14 nitrogen and oxygen atoms in total. The molecule has 0 saturated heterocycles. The largest absolute Gasteiger partial charge is 0.481 e. The maximum atomic E-state index is 13.2. The minimum absolute atomic E-state index is 0.0201. The van der Waals surface area contributed by atoms with E-state index in [1.807, 2.05) is 11.4 Å². The second-order valence-corrected chi connectivity index (χ2v) is 8.51. The summed E-state index contributed by atoms with van der Waals surface area (Å²) in [6.45, 7) is 0. The third-order valence-electron chi connectivity index (χ3n) is 5.30. The molecule has 10 N–H and O–H groups in total. The number of aromatic nitrogens is 1. The summed E-state index contributed by atoms with van der Waals surface area (Å²) in [6.07, 6.45) is -0.0832. The Morgan fingerprint density at radius 1 is 0.892 bits per heavy atom. The molecule has 4 unspecified atom stereocenters. The van der Waals surface area contributed by atoms with E-state index in [2.05, 4.69) is 28.2 Å². The molecule has 0 radical (unpaired) electrons. The topological polar surface area (TPSA) is 247 Å². The number of nitrogens with one attached hydrogen (secondary N) is 4. The monoisotopic (exact) mass is 536 g/mol. The zero-order valence-corrected chi connectivity index (χ0v) is 20.4. The molecule has 1 aromatic heterocycles. The number of primary amides is 1. The van der Waals surface area contributed by atoms with E-state index in [0.29, 0.717) is 5.56 Å². The number of aliphatic carboxylic acids is 2. The lowest BCUT2D eigenvalue weighted by Crippen LogP contribution is -2.58. The maximum absolute atomic E-state index is 13.2. The van der Waals surface area contributed by atoms with Crippen LogP contribution in [0.2, 0.25) is 0 Å². The van der Waals surface area contributed by atoms with Crippen molar-refractivity contribution in [3.63, 3.8) is 0 Å². The van der Waals surface area contributed by atoms with Crippen LogP contribution < -0.4 is 27.4 Å². The average Bonchev–Trinajstić information content (AvgIpc) is 3.24. The number of benzene rings is 1. The fraction of sp³-hybridized carbons (Fsp3) is 0.364. The van der Waals surface area contributed by atoms with Crippen molar-refractivity contribution < 1.29 is 39.0 Å². The summed E-state index contributed by atoms with van der Waals surface area (Å²) in [7, 11) is 0. The molecule has 4 atom stereocenters. The first-order chi connectivity index (χ1) is 17.4. The number of carboxylic acid groups (broad SMARTS) is 2. The number of hydrogen-bond acceptors (Lipinski definition) is 8. The second-order valence-electron chi connectivity index (χ2n) is 8.14. The number of H-pyrrole nitrogens is 1. The van der Waals surface area contributed by atoms with E-state index in [-0.39, 0.29) is 12.2 Å². The quantitative estimate of drug-likeness (QED) is 0.119. The van der Waals surface area contributed by atoms with Gasteiger partial charge in [0.15, 0.2) is 0 Å². The SMILES string of the molecule is NC(=O)CC(NC(=O)C(CC(=O)O)NC(=O)C(Cc1c[nH]c2ccccc12)NC(=O)C(N)CS)C(=O)O. The molecular formula is C22H28N6O8S. The number of nitrogens with two attached hydrogens (primary N) is 2. The van der Waals surface area contributed by atoms with Gasteiger partial charge >= 0.3 is 11.9 Å². The lowest BCUT2D eigenvalue weighted by molar-refractivity contribution is -0.144. The number of rotatable bonds is 14. The second kappa shape index (κ2) is 13.3. The van der Waals surface area contributed by atoms with Crippen molar-refractivity contribution in [2.75, 3.05) is 5.75 Å². The number of aromatic amines is 1. The summed E-state index contributed by atoms with van der Waals surface area (Å²) in [5, 5.41) is 25.9. The molecule has 0 bridgehead atoms. The molecule has 200 valence electrons. The van der Waals surface area contributed by atoms with Gasteiger partial charge in [0.25, 0.3) is 0 Å². The van der Waals surface area contributed by atoms with Crippen LogP contribution >= 0.6 is 12.6 Å². The van der Waals surface area contributed by atoms with Crippen LogP contribution in [0.3, 0.4) is 0 Å². The predicted octanol–water partition coefficient (Wildman–Crippen LogP) is -2.14. The lowest BCUT2D eigenvalue weighted by Gasteiger charge is -2.24. The number of hydrogen-bond donors (Lipinski definition) is 9. The van der Waals surface area contributed by atoms with Crippen LogP contribution in [-0.4, -0.2) is 80.7 Å². The summed E-state index contributed by atoms with van der Waals surface area (Å²) in [5.41, 5.74) is 12.1. The van der Waals surface area contributed by atoms with Crippen LogP contribution in [0.4, 0.5) is 0 Å². The van der Waals surface area contributed by atoms with E-state index >= 15 is 0 Å². The standard InChI is InChI=1S/C22H28N6O8S/c23-12(9-37)19(32)26-14(5-10-8-25-13-4-2-1-3-11(10)13)20(33)27-15(7-18(30)31)21(34)28-16(22(35)36)6-17(24)29/h1-4,8,12,14-16,25,37H,5-7,9,23H2,(H2,24,29)(H,26,32)(H,27,33)(H,28,34)(H,30,31)(H,35,36). The predicted molar refractivity (Wildman–Crippen MR) is 133 cm³/mol. The number of carbonyl (C=O) groups is 6. The molecule has 2 rings (SSSR count). The number of carboxylic acids is 2. The van der Waals surface area contributed by atoms with Crippen molar-refractivity contribution in [2.24, 2.45) is 11.5 Å². The fourth-order valence-electron chi connectivity index (χ4n) is 3.42. The van der Waals surface area contributed by atoms with Crippen LogP contribution in [0.15, 0.2) is 30.5 Å². The summed E-state index contributed by atoms with van der Waals surface area (Å²) < 4.78 is 0. The van der Waals surface area contributed by atoms with Gasteiger partial charge in [-0.1, -0.05) is 18.2 Å². The molecule has 1 heterocycles. The van der Waals surface area contributed by atoms with Gasteiger partial charge in [-0.15, -0.1) is 0 Å². The number of fused-ring (bicyclic) bond motifs is 1. The van der Waals surface area contributed by atoms with E-state index in [1.54, 1.807) is 24.4 Å². The van der Waals surface area contributed by atoms with Gasteiger partial charge < -0.3 is 42.6 Å². The van der Waals surface area contributed by atoms with Gasteiger partial charge in [-0.05, 0) is 11.6 Å². The Hall–Kier alpha value is -4.11. The molecule has 2 aromatic rings. The van der Waals surface area contributed by atoms with Crippen molar-refractivity contribution in [1.29, 1.82) is 0 Å². The molecule has 0 aliphatic rings. The minimum Gasteiger partial charge on any atom is -0.481 e. The summed E-state index contributed by atoms with van der Waals surface area (Å²) in [6, 6.07) is 1.37. The Bertz CT molecular complexity index is 1180. The van der Waals surface area contributed by atoms with Crippen molar-refractivity contribution in [3.05, 3.63) is 36.0 Å². The van der Waals surface area contributed by atoms with Gasteiger partial charge in [-0.25, -0.2) is 4.79 Å². The third-order valence-corrected chi connectivity index (χ3v) is 5.69. The molecule has 15 heteroatoms. The van der Waals surface area contributed by atoms with Crippen molar-refractivity contribution in [3.8, 4) is 0 Å². The lowest BCUT2D eigenvalue weighted by atomic mass is 10.0. The highest BCUT2D eigenvalue weighted by molar-refractivity contribution is 7.80. The Labute approximate surface area is 215 Å². The van der Waals surface area contributed by atoms with Crippen LogP contribution in [0.1, 0.15) is 18.4 Å². The summed E-state index contributed by atoms with van der Waals surface area (Å²) in [4.78, 5) is 75.2. The summed E-state index contributed by atoms with van der Waals surface area (Å²) >= 11 is 3.97. The van der Waals surface area contributed by atoms with Gasteiger partial charge in [0.1, 0.15) is 18.1 Å². The molecule has 37 heavy (non-hydrogen) atoms. The highest BCUT2D eigenvalue weighted by atomic mass is 32.1. The molecule has 0 aliphatic heterocycles. The highest BCUT2D eigenvalue weighted by Gasteiger charge is 2.32. The first kappa shape index (κ1) is 29.1. The molecule has 0 spiro atoms. The van der Waals surface area contributed by atoms with E-state index in [9.17, 15) is 39.0 Å². The molecular weight excluding hydrogens is 508 g/mol. The number of carbonyl (C=O) groups excluding carboxylic acids is 4. The zero-order chi connectivity index (χ0) is 27.7. The Morgan fingerprint density at radius 2 is 1.49 bits per heavy atom. The first-order valence-corrected chi connectivity index (χ1v) is 11.6. The first-order valence-electron chi connectivity index (χ1n) is 11.0. The maximum Gasteiger partial charge on any atom is 0.326 e. The molecule has 0 saturated carbocycles. The average molecular weight is 537 g/mol. The van der Waals surface area contributed by atoms with Crippen molar-refractivity contribution >= 4 is 59.1 Å². The minimum atomic E-state index is -1.74. The highest BCUT2D eigenvalue weighted by Crippen LogP contribution is 2.19. The van der Waals surface area contributed by atoms with Crippen molar-refractivity contribution in [1.82, 2.24) is 20.9 Å². The Balaban J connectivity index is 2.30. The van der Waals surface area contributed by atoms with Crippen LogP contribution in [0, 0.1) is 0 Å². The Morgan fingerprint density at radius 3 is 2.08 bits per heavy atom. The van der Waals surface area contributed by atoms with Crippen LogP contribution in [0.25, 0.3) is 10.9 Å². The molecule has 1 aromatic carbocycles. The van der Waals surface area contributed by atoms with Gasteiger partial charge in [0.05, 0.1) is 18.9 Å². The van der Waals surface area contributed by atoms with Gasteiger partial charge in [0.2, 0.25) is 23.6 Å². The summed E-state index contributed by atoms with van der Waals surface area (Å²) in [5.74, 6) is -6.90. The number of amides is 4. The van der Waals surface area contributed by atoms with E-state index < -0.39 is 72.6 Å². The van der Waals surface area contributed by atoms with E-state index in [1.165, 1.54) is 0 Å². The molecule has 0 fully saturated rings. The smallest absolute Gasteiger partial charge is 0.326 e. The van der Waals surface area contributed by atoms with E-state index in [4.69, 9.17) is 11.5 Å². The molecule has 0 aliphatic carbocycles. The number of thiol groups is 1. The van der Waals surface area contributed by atoms with E-state index in [0.717, 1.165) is 10.9 Å². The zero-order valence-electron chi connectivity index (χ0n) is 19.5. The number of para-hydroxylation sites is 1. The van der Waals surface area contributed by atoms with Gasteiger partial charge in [-0.2, -0.15) is 12.6 Å². The van der Waals surface area contributed by atoms with Crippen molar-refractivity contribution in [2.45, 2.75) is 43.4 Å². The Kier molecular flexibility index (Phi) is 10.4. The normalized spacial score (nSPS) is 14.1. The van der Waals surface area contributed by atoms with Crippen LogP contribution in [0.5, 0.6) is 0 Å². The fourth-order valence-corrected chi connectivity index (χ4v) is 3.59.